The fourth-order valence-electron chi connectivity index (χ4n) is 2.94. The summed E-state index contributed by atoms with van der Waals surface area (Å²) in [5.41, 5.74) is 8.79. The molecule has 1 atom stereocenters. The zero-order valence-electron chi connectivity index (χ0n) is 14.2. The molecule has 1 aromatic heterocycles. The number of ether oxygens (including phenoxy) is 2. The molecule has 0 amide bonds. The highest BCUT2D eigenvalue weighted by molar-refractivity contribution is 5.69. The van der Waals surface area contributed by atoms with Crippen LogP contribution >= 0.6 is 0 Å². The maximum Gasteiger partial charge on any atom is 0.308 e. The van der Waals surface area contributed by atoms with Gasteiger partial charge in [-0.1, -0.05) is 26.0 Å². The van der Waals surface area contributed by atoms with Crippen LogP contribution in [0.2, 0.25) is 0 Å². The number of nitrogens with two attached hydrogens (primary N) is 1. The Hall–Kier alpha value is -3.27. The van der Waals surface area contributed by atoms with Crippen LogP contribution in [0.15, 0.2) is 35.7 Å². The van der Waals surface area contributed by atoms with Crippen molar-refractivity contribution in [1.82, 2.24) is 10.2 Å². The number of hydrogen-bond donors (Lipinski definition) is 2. The number of benzene rings is 1. The van der Waals surface area contributed by atoms with Gasteiger partial charge in [-0.15, -0.1) is 5.10 Å². The Labute approximate surface area is 145 Å². The number of hydrogen-bond acceptors (Lipinski definition) is 6. The van der Waals surface area contributed by atoms with Gasteiger partial charge < -0.3 is 15.2 Å². The van der Waals surface area contributed by atoms with Gasteiger partial charge in [-0.3, -0.25) is 9.89 Å². The molecule has 3 rings (SSSR count). The molecule has 0 radical (unpaired) electrons. The van der Waals surface area contributed by atoms with Crippen molar-refractivity contribution in [3.05, 3.63) is 52.5 Å². The van der Waals surface area contributed by atoms with Crippen LogP contribution < -0.4 is 15.2 Å². The number of nitrogens with one attached hydrogen (secondary N) is 1. The minimum absolute atomic E-state index is 0.0471. The molecule has 1 aliphatic rings. The van der Waals surface area contributed by atoms with Gasteiger partial charge in [0.2, 0.25) is 11.8 Å². The van der Waals surface area contributed by atoms with Gasteiger partial charge in [0.1, 0.15) is 17.4 Å². The molecule has 0 aliphatic carbocycles. The summed E-state index contributed by atoms with van der Waals surface area (Å²) in [6, 6.07) is 9.13. The van der Waals surface area contributed by atoms with E-state index >= 15 is 0 Å². The van der Waals surface area contributed by atoms with E-state index in [0.29, 0.717) is 17.2 Å². The number of carbonyl (C=O) groups is 1. The molecule has 7 nitrogen and oxygen atoms in total. The predicted octanol–water partition coefficient (Wildman–Crippen LogP) is 2.68. The van der Waals surface area contributed by atoms with Crippen LogP contribution in [0.5, 0.6) is 11.6 Å². The standard InChI is InChI=1S/C18H18N4O3/c1-9(2)16-15-14(11-4-6-12(7-5-11)24-10(3)23)13(8-19)17(20)25-18(15)22-21-16/h4-7,9,14H,20H2,1-3H3,(H,21,22). The number of carbonyl (C=O) groups excluding carboxylic acids is 1. The van der Waals surface area contributed by atoms with Gasteiger partial charge in [-0.05, 0) is 23.6 Å². The highest BCUT2D eigenvalue weighted by Gasteiger charge is 2.35. The molecule has 2 heterocycles. The molecule has 1 unspecified atom stereocenters. The summed E-state index contributed by atoms with van der Waals surface area (Å²) in [7, 11) is 0. The predicted molar refractivity (Wildman–Crippen MR) is 89.7 cm³/mol. The molecule has 2 aromatic rings. The molecule has 128 valence electrons. The van der Waals surface area contributed by atoms with Crippen molar-refractivity contribution < 1.29 is 14.3 Å². The van der Waals surface area contributed by atoms with Gasteiger partial charge in [0.25, 0.3) is 0 Å². The number of H-pyrrole nitrogens is 1. The lowest BCUT2D eigenvalue weighted by atomic mass is 9.82. The van der Waals surface area contributed by atoms with Gasteiger partial charge in [0, 0.05) is 12.6 Å². The summed E-state index contributed by atoms with van der Waals surface area (Å²) in [6.07, 6.45) is 0. The van der Waals surface area contributed by atoms with E-state index in [2.05, 4.69) is 16.3 Å². The fourth-order valence-corrected chi connectivity index (χ4v) is 2.94. The van der Waals surface area contributed by atoms with Crippen LogP contribution in [0.3, 0.4) is 0 Å². The van der Waals surface area contributed by atoms with E-state index in [-0.39, 0.29) is 17.8 Å². The van der Waals surface area contributed by atoms with Crippen molar-refractivity contribution in [2.24, 2.45) is 5.73 Å². The molecule has 0 bridgehead atoms. The second-order valence-electron chi connectivity index (χ2n) is 6.10. The van der Waals surface area contributed by atoms with E-state index in [9.17, 15) is 10.1 Å². The fraction of sp³-hybridized carbons (Fsp3) is 0.278. The van der Waals surface area contributed by atoms with Crippen molar-refractivity contribution in [3.8, 4) is 17.7 Å². The van der Waals surface area contributed by atoms with E-state index in [0.717, 1.165) is 16.8 Å². The van der Waals surface area contributed by atoms with Crippen LogP contribution in [0.4, 0.5) is 0 Å². The Morgan fingerprint density at radius 2 is 2.08 bits per heavy atom. The monoisotopic (exact) mass is 338 g/mol. The number of fused-ring (bicyclic) bond motifs is 1. The first kappa shape index (κ1) is 16.6. The number of nitrogens with zero attached hydrogens (tertiary/aromatic N) is 2. The summed E-state index contributed by atoms with van der Waals surface area (Å²) in [5.74, 6) is 0.258. The highest BCUT2D eigenvalue weighted by atomic mass is 16.5. The first-order valence-electron chi connectivity index (χ1n) is 7.86. The molecule has 0 fully saturated rings. The van der Waals surface area contributed by atoms with Crippen molar-refractivity contribution >= 4 is 5.97 Å². The molecule has 7 heteroatoms. The molecular weight excluding hydrogens is 320 g/mol. The lowest BCUT2D eigenvalue weighted by Crippen LogP contribution is -2.21. The number of aromatic nitrogens is 2. The van der Waals surface area contributed by atoms with Gasteiger partial charge in [0.05, 0.1) is 11.5 Å². The van der Waals surface area contributed by atoms with E-state index < -0.39 is 5.92 Å². The van der Waals surface area contributed by atoms with Crippen LogP contribution in [0.1, 0.15) is 49.4 Å². The Morgan fingerprint density at radius 3 is 2.64 bits per heavy atom. The van der Waals surface area contributed by atoms with Crippen molar-refractivity contribution in [2.45, 2.75) is 32.6 Å². The maximum atomic E-state index is 11.1. The quantitative estimate of drug-likeness (QED) is 0.657. The molecule has 3 N–H and O–H groups in total. The topological polar surface area (TPSA) is 114 Å². The molecule has 0 saturated carbocycles. The lowest BCUT2D eigenvalue weighted by molar-refractivity contribution is -0.131. The molecule has 0 saturated heterocycles. The van der Waals surface area contributed by atoms with E-state index in [4.69, 9.17) is 15.2 Å². The second-order valence-corrected chi connectivity index (χ2v) is 6.10. The van der Waals surface area contributed by atoms with Crippen LogP contribution in [0.25, 0.3) is 0 Å². The van der Waals surface area contributed by atoms with E-state index in [1.165, 1.54) is 6.92 Å². The first-order valence-corrected chi connectivity index (χ1v) is 7.86. The van der Waals surface area contributed by atoms with E-state index in [1.54, 1.807) is 24.3 Å². The summed E-state index contributed by atoms with van der Waals surface area (Å²) in [6.45, 7) is 5.40. The average molecular weight is 338 g/mol. The Bertz CT molecular complexity index is 888. The Balaban J connectivity index is 2.11. The third kappa shape index (κ3) is 2.94. The van der Waals surface area contributed by atoms with Gasteiger partial charge in [0.15, 0.2) is 0 Å². The zero-order chi connectivity index (χ0) is 18.1. The van der Waals surface area contributed by atoms with Gasteiger partial charge in [-0.2, -0.15) is 5.26 Å². The summed E-state index contributed by atoms with van der Waals surface area (Å²) in [4.78, 5) is 11.1. The lowest BCUT2D eigenvalue weighted by Gasteiger charge is -2.24. The molecular formula is C18H18N4O3. The number of rotatable bonds is 3. The number of nitriles is 1. The zero-order valence-corrected chi connectivity index (χ0v) is 14.2. The maximum absolute atomic E-state index is 11.1. The first-order chi connectivity index (χ1) is 11.9. The smallest absolute Gasteiger partial charge is 0.308 e. The van der Waals surface area contributed by atoms with Crippen molar-refractivity contribution in [1.29, 1.82) is 5.26 Å². The Morgan fingerprint density at radius 1 is 1.40 bits per heavy atom. The summed E-state index contributed by atoms with van der Waals surface area (Å²) < 4.78 is 10.6. The summed E-state index contributed by atoms with van der Waals surface area (Å²) in [5, 5.41) is 16.8. The number of esters is 1. The summed E-state index contributed by atoms with van der Waals surface area (Å²) >= 11 is 0. The molecule has 25 heavy (non-hydrogen) atoms. The van der Waals surface area contributed by atoms with Crippen LogP contribution in [0, 0.1) is 11.3 Å². The molecule has 1 aromatic carbocycles. The van der Waals surface area contributed by atoms with Crippen LogP contribution in [-0.2, 0) is 4.79 Å². The average Bonchev–Trinajstić information content (AvgIpc) is 2.97. The van der Waals surface area contributed by atoms with Gasteiger partial charge in [-0.25, -0.2) is 0 Å². The number of aromatic amines is 1. The van der Waals surface area contributed by atoms with Crippen molar-refractivity contribution in [3.63, 3.8) is 0 Å². The second kappa shape index (κ2) is 6.32. The minimum atomic E-state index is -0.392. The SMILES string of the molecule is CC(=O)Oc1ccc(C2C(C#N)=C(N)Oc3n[nH]c(C(C)C)c32)cc1. The minimum Gasteiger partial charge on any atom is -0.427 e. The third-order valence-corrected chi connectivity index (χ3v) is 4.02. The molecule has 0 spiro atoms. The largest absolute Gasteiger partial charge is 0.427 e. The van der Waals surface area contributed by atoms with Crippen LogP contribution in [-0.4, -0.2) is 16.2 Å². The Kier molecular flexibility index (Phi) is 4.19. The normalized spacial score (nSPS) is 16.2. The van der Waals surface area contributed by atoms with E-state index in [1.807, 2.05) is 13.8 Å². The third-order valence-electron chi connectivity index (χ3n) is 4.02. The number of allylic oxidation sites excluding steroid dienone is 1. The van der Waals surface area contributed by atoms with Gasteiger partial charge >= 0.3 is 5.97 Å². The highest BCUT2D eigenvalue weighted by Crippen LogP contribution is 2.44. The van der Waals surface area contributed by atoms with Crippen molar-refractivity contribution in [2.75, 3.05) is 0 Å². The molecule has 1 aliphatic heterocycles.